The molecule has 5 nitrogen and oxygen atoms in total. The van der Waals surface area contributed by atoms with Crippen molar-refractivity contribution in [3.63, 3.8) is 0 Å². The second-order valence-corrected chi connectivity index (χ2v) is 4.91. The fourth-order valence-corrected chi connectivity index (χ4v) is 2.29. The summed E-state index contributed by atoms with van der Waals surface area (Å²) < 4.78 is 10.4. The Hall–Kier alpha value is -3.08. The van der Waals surface area contributed by atoms with Crippen molar-refractivity contribution < 1.29 is 14.3 Å². The van der Waals surface area contributed by atoms with E-state index in [9.17, 15) is 4.79 Å². The maximum atomic E-state index is 12.4. The molecule has 5 heteroatoms. The van der Waals surface area contributed by atoms with Gasteiger partial charge in [-0.2, -0.15) is 0 Å². The summed E-state index contributed by atoms with van der Waals surface area (Å²) in [5.41, 5.74) is 1.68. The number of nitrogens with zero attached hydrogens (tertiary/aromatic N) is 1. The summed E-state index contributed by atoms with van der Waals surface area (Å²) in [5.74, 6) is 1.07. The highest BCUT2D eigenvalue weighted by atomic mass is 16.5. The van der Waals surface area contributed by atoms with Gasteiger partial charge in [0.15, 0.2) is 0 Å². The molecule has 23 heavy (non-hydrogen) atoms. The fraction of sp³-hybridized carbons (Fsp3) is 0.111. The van der Waals surface area contributed by atoms with Crippen molar-refractivity contribution in [2.45, 2.75) is 0 Å². The van der Waals surface area contributed by atoms with Crippen LogP contribution in [0.3, 0.4) is 0 Å². The third-order valence-corrected chi connectivity index (χ3v) is 3.48. The number of methoxy groups -OCH3 is 2. The minimum Gasteiger partial charge on any atom is -0.497 e. The number of aromatic nitrogens is 1. The highest BCUT2D eigenvalue weighted by Crippen LogP contribution is 2.24. The second-order valence-electron chi connectivity index (χ2n) is 4.91. The van der Waals surface area contributed by atoms with Crippen LogP contribution in [0.2, 0.25) is 0 Å². The van der Waals surface area contributed by atoms with Gasteiger partial charge in [0.2, 0.25) is 0 Å². The van der Waals surface area contributed by atoms with E-state index in [-0.39, 0.29) is 5.91 Å². The Morgan fingerprint density at radius 1 is 1.00 bits per heavy atom. The molecule has 0 bridgehead atoms. The van der Waals surface area contributed by atoms with Crippen LogP contribution in [0.4, 0.5) is 5.69 Å². The van der Waals surface area contributed by atoms with Crippen molar-refractivity contribution in [3.05, 3.63) is 60.3 Å². The number of pyridine rings is 1. The molecule has 0 spiro atoms. The Bertz CT molecular complexity index is 862. The van der Waals surface area contributed by atoms with Gasteiger partial charge in [0, 0.05) is 5.39 Å². The predicted octanol–water partition coefficient (Wildman–Crippen LogP) is 3.50. The molecule has 3 rings (SSSR count). The zero-order valence-electron chi connectivity index (χ0n) is 12.9. The molecule has 1 amide bonds. The maximum absolute atomic E-state index is 12.4. The van der Waals surface area contributed by atoms with E-state index in [0.717, 1.165) is 16.7 Å². The van der Waals surface area contributed by atoms with E-state index < -0.39 is 0 Å². The van der Waals surface area contributed by atoms with E-state index in [1.165, 1.54) is 0 Å². The second kappa shape index (κ2) is 6.36. The number of anilines is 1. The number of nitrogens with one attached hydrogen (secondary N) is 1. The number of carbonyl (C=O) groups is 1. The zero-order chi connectivity index (χ0) is 16.2. The molecule has 0 saturated carbocycles. The van der Waals surface area contributed by atoms with Crippen LogP contribution in [0.5, 0.6) is 11.5 Å². The lowest BCUT2D eigenvalue weighted by molar-refractivity contribution is 0.102. The van der Waals surface area contributed by atoms with Crippen LogP contribution >= 0.6 is 0 Å². The minimum absolute atomic E-state index is 0.285. The van der Waals surface area contributed by atoms with E-state index in [1.54, 1.807) is 32.4 Å². The van der Waals surface area contributed by atoms with Gasteiger partial charge < -0.3 is 14.8 Å². The number of rotatable bonds is 4. The smallest absolute Gasteiger partial charge is 0.274 e. The van der Waals surface area contributed by atoms with Gasteiger partial charge in [-0.25, -0.2) is 4.98 Å². The van der Waals surface area contributed by atoms with Crippen molar-refractivity contribution in [1.82, 2.24) is 4.98 Å². The van der Waals surface area contributed by atoms with Gasteiger partial charge in [-0.15, -0.1) is 0 Å². The molecule has 2 aromatic carbocycles. The molecule has 0 fully saturated rings. The quantitative estimate of drug-likeness (QED) is 0.801. The first kappa shape index (κ1) is 14.8. The van der Waals surface area contributed by atoms with E-state index in [0.29, 0.717) is 17.1 Å². The number of fused-ring (bicyclic) bond motifs is 1. The average molecular weight is 308 g/mol. The summed E-state index contributed by atoms with van der Waals surface area (Å²) in [4.78, 5) is 16.8. The van der Waals surface area contributed by atoms with Crippen molar-refractivity contribution in [2.75, 3.05) is 19.5 Å². The van der Waals surface area contributed by atoms with E-state index >= 15 is 0 Å². The maximum Gasteiger partial charge on any atom is 0.274 e. The van der Waals surface area contributed by atoms with Crippen LogP contribution in [-0.2, 0) is 0 Å². The van der Waals surface area contributed by atoms with E-state index in [4.69, 9.17) is 9.47 Å². The summed E-state index contributed by atoms with van der Waals surface area (Å²) in [7, 11) is 3.18. The van der Waals surface area contributed by atoms with E-state index in [2.05, 4.69) is 10.3 Å². The largest absolute Gasteiger partial charge is 0.497 e. The molecule has 116 valence electrons. The number of carbonyl (C=O) groups excluding carboxylic acids is 1. The number of para-hydroxylation sites is 2. The molecule has 0 aliphatic rings. The van der Waals surface area contributed by atoms with Crippen molar-refractivity contribution in [2.24, 2.45) is 0 Å². The molecule has 1 N–H and O–H groups in total. The Morgan fingerprint density at radius 3 is 2.61 bits per heavy atom. The number of amides is 1. The lowest BCUT2D eigenvalue weighted by atomic mass is 10.2. The van der Waals surface area contributed by atoms with Crippen molar-refractivity contribution >= 4 is 22.5 Å². The minimum atomic E-state index is -0.285. The summed E-state index contributed by atoms with van der Waals surface area (Å²) in [5, 5.41) is 3.73. The fourth-order valence-electron chi connectivity index (χ4n) is 2.29. The molecule has 0 aliphatic heterocycles. The number of hydrogen-bond acceptors (Lipinski definition) is 4. The predicted molar refractivity (Wildman–Crippen MR) is 89.2 cm³/mol. The molecule has 0 atom stereocenters. The molecule has 1 heterocycles. The zero-order valence-corrected chi connectivity index (χ0v) is 12.9. The van der Waals surface area contributed by atoms with Crippen LogP contribution < -0.4 is 14.8 Å². The van der Waals surface area contributed by atoms with Crippen LogP contribution in [0.15, 0.2) is 54.6 Å². The Balaban J connectivity index is 1.89. The van der Waals surface area contributed by atoms with Crippen LogP contribution in [0.1, 0.15) is 10.5 Å². The molecular weight excluding hydrogens is 292 g/mol. The number of hydrogen-bond donors (Lipinski definition) is 1. The monoisotopic (exact) mass is 308 g/mol. The van der Waals surface area contributed by atoms with Gasteiger partial charge in [-0.05, 0) is 36.4 Å². The first-order valence-corrected chi connectivity index (χ1v) is 7.10. The highest BCUT2D eigenvalue weighted by Gasteiger charge is 2.11. The first-order valence-electron chi connectivity index (χ1n) is 7.10. The Kier molecular flexibility index (Phi) is 4.10. The first-order chi connectivity index (χ1) is 11.2. The molecule has 1 aromatic heterocycles. The van der Waals surface area contributed by atoms with Crippen molar-refractivity contribution in [3.8, 4) is 11.5 Å². The average Bonchev–Trinajstić information content (AvgIpc) is 2.61. The number of benzene rings is 2. The standard InChI is InChI=1S/C18H16N2O3/c1-22-13-8-10-14-12(11-13)7-9-16(19-14)18(21)20-15-5-3-4-6-17(15)23-2/h3-11H,1-2H3,(H,20,21). The van der Waals surface area contributed by atoms with Crippen LogP contribution in [0.25, 0.3) is 10.9 Å². The van der Waals surface area contributed by atoms with Gasteiger partial charge in [0.1, 0.15) is 17.2 Å². The summed E-state index contributed by atoms with van der Waals surface area (Å²) >= 11 is 0. The molecule has 0 saturated heterocycles. The molecular formula is C18H16N2O3. The SMILES string of the molecule is COc1ccc2nc(C(=O)Nc3ccccc3OC)ccc2c1. The third kappa shape index (κ3) is 3.08. The number of ether oxygens (including phenoxy) is 2. The van der Waals surface area contributed by atoms with Gasteiger partial charge >= 0.3 is 0 Å². The van der Waals surface area contributed by atoms with Crippen LogP contribution in [0, 0.1) is 0 Å². The van der Waals surface area contributed by atoms with Gasteiger partial charge in [-0.1, -0.05) is 18.2 Å². The highest BCUT2D eigenvalue weighted by molar-refractivity contribution is 6.04. The summed E-state index contributed by atoms with van der Waals surface area (Å²) in [6, 6.07) is 16.3. The summed E-state index contributed by atoms with van der Waals surface area (Å²) in [6.07, 6.45) is 0. The van der Waals surface area contributed by atoms with Crippen LogP contribution in [-0.4, -0.2) is 25.1 Å². The summed E-state index contributed by atoms with van der Waals surface area (Å²) in [6.45, 7) is 0. The van der Waals surface area contributed by atoms with Gasteiger partial charge in [0.25, 0.3) is 5.91 Å². The molecule has 3 aromatic rings. The molecule has 0 aliphatic carbocycles. The topological polar surface area (TPSA) is 60.5 Å². The Morgan fingerprint density at radius 2 is 1.83 bits per heavy atom. The normalized spacial score (nSPS) is 10.3. The van der Waals surface area contributed by atoms with E-state index in [1.807, 2.05) is 36.4 Å². The molecule has 0 radical (unpaired) electrons. The Labute approximate surface area is 133 Å². The third-order valence-electron chi connectivity index (χ3n) is 3.48. The van der Waals surface area contributed by atoms with Gasteiger partial charge in [-0.3, -0.25) is 4.79 Å². The van der Waals surface area contributed by atoms with Gasteiger partial charge in [0.05, 0.1) is 25.4 Å². The molecule has 0 unspecified atom stereocenters. The van der Waals surface area contributed by atoms with Crippen molar-refractivity contribution in [1.29, 1.82) is 0 Å². The lowest BCUT2D eigenvalue weighted by Gasteiger charge is -2.10. The lowest BCUT2D eigenvalue weighted by Crippen LogP contribution is -2.14.